The molecule has 0 aliphatic carbocycles. The standard InChI is InChI=1S/C25H11N3/c26-16-21-5-3-4-19(14-21)8-12-23-13-10-20(15-25(23)18-28)9-11-22-6-1-2-7-24(22)17-27/h1-7,10,13-15H. The molecule has 0 heterocycles. The molecule has 3 nitrogen and oxygen atoms in total. The van der Waals surface area contributed by atoms with Gasteiger partial charge in [-0.05, 0) is 48.5 Å². The van der Waals surface area contributed by atoms with Gasteiger partial charge in [-0.15, -0.1) is 0 Å². The average molecular weight is 353 g/mol. The summed E-state index contributed by atoms with van der Waals surface area (Å²) >= 11 is 0. The third-order valence-corrected chi connectivity index (χ3v) is 3.86. The summed E-state index contributed by atoms with van der Waals surface area (Å²) < 4.78 is 0. The number of hydrogen-bond donors (Lipinski definition) is 0. The molecule has 0 fully saturated rings. The summed E-state index contributed by atoms with van der Waals surface area (Å²) in [5.41, 5.74) is 4.08. The molecule has 0 aromatic heterocycles. The van der Waals surface area contributed by atoms with Gasteiger partial charge in [0.2, 0.25) is 0 Å². The molecule has 0 bridgehead atoms. The summed E-state index contributed by atoms with van der Waals surface area (Å²) in [6.07, 6.45) is 0. The van der Waals surface area contributed by atoms with Crippen LogP contribution in [-0.4, -0.2) is 0 Å². The number of hydrogen-bond acceptors (Lipinski definition) is 3. The van der Waals surface area contributed by atoms with E-state index < -0.39 is 0 Å². The SMILES string of the molecule is N#Cc1cccc(C#Cc2ccc(C#Cc3ccccc3C#N)cc2C#N)c1. The lowest BCUT2D eigenvalue weighted by molar-refractivity contribution is 1.45. The molecule has 0 atom stereocenters. The Morgan fingerprint density at radius 1 is 0.429 bits per heavy atom. The monoisotopic (exact) mass is 353 g/mol. The summed E-state index contributed by atoms with van der Waals surface area (Å²) in [5.74, 6) is 11.9. The van der Waals surface area contributed by atoms with Crippen LogP contribution >= 0.6 is 0 Å². The van der Waals surface area contributed by atoms with E-state index in [0.29, 0.717) is 38.9 Å². The van der Waals surface area contributed by atoms with E-state index in [-0.39, 0.29) is 0 Å². The fourth-order valence-corrected chi connectivity index (χ4v) is 2.46. The van der Waals surface area contributed by atoms with Crippen LogP contribution in [0, 0.1) is 57.7 Å². The van der Waals surface area contributed by atoms with E-state index in [0.717, 1.165) is 0 Å². The Kier molecular flexibility index (Phi) is 5.52. The molecule has 0 aliphatic rings. The highest BCUT2D eigenvalue weighted by Gasteiger charge is 2.01. The largest absolute Gasteiger partial charge is 0.192 e. The first-order valence-corrected chi connectivity index (χ1v) is 8.31. The normalized spacial score (nSPS) is 8.75. The van der Waals surface area contributed by atoms with Crippen molar-refractivity contribution in [3.8, 4) is 41.9 Å². The van der Waals surface area contributed by atoms with Crippen molar-refractivity contribution in [2.45, 2.75) is 0 Å². The number of rotatable bonds is 0. The Balaban J connectivity index is 1.92. The third kappa shape index (κ3) is 4.26. The van der Waals surface area contributed by atoms with Gasteiger partial charge in [0.25, 0.3) is 0 Å². The molecule has 126 valence electrons. The molecule has 0 saturated carbocycles. The summed E-state index contributed by atoms with van der Waals surface area (Å²) in [5, 5.41) is 27.5. The average Bonchev–Trinajstić information content (AvgIpc) is 2.76. The summed E-state index contributed by atoms with van der Waals surface area (Å²) in [4.78, 5) is 0. The topological polar surface area (TPSA) is 71.4 Å². The molecule has 0 saturated heterocycles. The highest BCUT2D eigenvalue weighted by molar-refractivity contribution is 5.57. The van der Waals surface area contributed by atoms with E-state index >= 15 is 0 Å². The van der Waals surface area contributed by atoms with Crippen LogP contribution in [0.15, 0.2) is 66.7 Å². The lowest BCUT2D eigenvalue weighted by atomic mass is 10.0. The zero-order valence-electron chi connectivity index (χ0n) is 14.7. The molecule has 0 amide bonds. The quantitative estimate of drug-likeness (QED) is 0.571. The van der Waals surface area contributed by atoms with Crippen molar-refractivity contribution >= 4 is 0 Å². The Hall–Kier alpha value is -4.75. The van der Waals surface area contributed by atoms with E-state index in [1.807, 2.05) is 12.1 Å². The lowest BCUT2D eigenvalue weighted by Crippen LogP contribution is -1.87. The molecular weight excluding hydrogens is 342 g/mol. The van der Waals surface area contributed by atoms with Crippen molar-refractivity contribution in [3.63, 3.8) is 0 Å². The molecular formula is C25H11N3. The van der Waals surface area contributed by atoms with Crippen LogP contribution in [0.5, 0.6) is 0 Å². The molecule has 0 unspecified atom stereocenters. The molecule has 3 aromatic rings. The van der Waals surface area contributed by atoms with Gasteiger partial charge in [0, 0.05) is 22.3 Å². The molecule has 0 N–H and O–H groups in total. The fourth-order valence-electron chi connectivity index (χ4n) is 2.46. The van der Waals surface area contributed by atoms with E-state index in [9.17, 15) is 5.26 Å². The van der Waals surface area contributed by atoms with Crippen molar-refractivity contribution in [2.24, 2.45) is 0 Å². The Morgan fingerprint density at radius 3 is 1.71 bits per heavy atom. The van der Waals surface area contributed by atoms with E-state index in [2.05, 4.69) is 41.9 Å². The summed E-state index contributed by atoms with van der Waals surface area (Å²) in [6.45, 7) is 0. The first-order valence-electron chi connectivity index (χ1n) is 8.31. The lowest BCUT2D eigenvalue weighted by Gasteiger charge is -1.97. The van der Waals surface area contributed by atoms with Gasteiger partial charge in [-0.1, -0.05) is 41.9 Å². The van der Waals surface area contributed by atoms with Crippen molar-refractivity contribution in [1.29, 1.82) is 15.8 Å². The van der Waals surface area contributed by atoms with Gasteiger partial charge in [0.1, 0.15) is 12.1 Å². The van der Waals surface area contributed by atoms with Crippen LogP contribution in [-0.2, 0) is 0 Å². The van der Waals surface area contributed by atoms with Gasteiger partial charge in [-0.2, -0.15) is 15.8 Å². The van der Waals surface area contributed by atoms with Gasteiger partial charge >= 0.3 is 0 Å². The number of nitriles is 3. The van der Waals surface area contributed by atoms with E-state index in [1.54, 1.807) is 54.6 Å². The predicted molar refractivity (Wildman–Crippen MR) is 105 cm³/mol. The third-order valence-electron chi connectivity index (χ3n) is 3.86. The Bertz CT molecular complexity index is 1300. The van der Waals surface area contributed by atoms with E-state index in [4.69, 9.17) is 10.5 Å². The molecule has 0 aliphatic heterocycles. The summed E-state index contributed by atoms with van der Waals surface area (Å²) in [7, 11) is 0. The fraction of sp³-hybridized carbons (Fsp3) is 0. The molecule has 28 heavy (non-hydrogen) atoms. The number of nitrogens with zero attached hydrogens (tertiary/aromatic N) is 3. The van der Waals surface area contributed by atoms with Crippen molar-refractivity contribution in [3.05, 3.63) is 106 Å². The minimum absolute atomic E-state index is 0.421. The highest BCUT2D eigenvalue weighted by Crippen LogP contribution is 2.12. The molecule has 0 spiro atoms. The zero-order valence-corrected chi connectivity index (χ0v) is 14.7. The predicted octanol–water partition coefficient (Wildman–Crippen LogP) is 4.10. The first kappa shape index (κ1) is 18.1. The molecule has 0 radical (unpaired) electrons. The van der Waals surface area contributed by atoms with Gasteiger partial charge in [0.05, 0.1) is 22.8 Å². The van der Waals surface area contributed by atoms with Gasteiger partial charge in [-0.3, -0.25) is 0 Å². The zero-order chi connectivity index (χ0) is 19.8. The van der Waals surface area contributed by atoms with Crippen LogP contribution in [0.4, 0.5) is 0 Å². The van der Waals surface area contributed by atoms with Gasteiger partial charge in [0.15, 0.2) is 0 Å². The maximum Gasteiger partial charge on any atom is 0.100 e. The molecule has 3 heteroatoms. The molecule has 3 aromatic carbocycles. The smallest absolute Gasteiger partial charge is 0.100 e. The van der Waals surface area contributed by atoms with Crippen molar-refractivity contribution in [1.82, 2.24) is 0 Å². The highest BCUT2D eigenvalue weighted by atomic mass is 14.2. The second-order valence-electron chi connectivity index (χ2n) is 5.72. The Labute approximate surface area is 163 Å². The number of benzene rings is 3. The maximum absolute atomic E-state index is 9.44. The minimum Gasteiger partial charge on any atom is -0.192 e. The minimum atomic E-state index is 0.421. The van der Waals surface area contributed by atoms with Crippen LogP contribution < -0.4 is 0 Å². The first-order chi connectivity index (χ1) is 13.7. The van der Waals surface area contributed by atoms with Crippen LogP contribution in [0.2, 0.25) is 0 Å². The van der Waals surface area contributed by atoms with Gasteiger partial charge in [-0.25, -0.2) is 0 Å². The van der Waals surface area contributed by atoms with Crippen LogP contribution in [0.1, 0.15) is 38.9 Å². The van der Waals surface area contributed by atoms with E-state index in [1.165, 1.54) is 0 Å². The van der Waals surface area contributed by atoms with Gasteiger partial charge < -0.3 is 0 Å². The molecule has 3 rings (SSSR count). The second kappa shape index (κ2) is 8.56. The maximum atomic E-state index is 9.44. The van der Waals surface area contributed by atoms with Crippen molar-refractivity contribution in [2.75, 3.05) is 0 Å². The Morgan fingerprint density at radius 2 is 1.04 bits per heavy atom. The van der Waals surface area contributed by atoms with Crippen molar-refractivity contribution < 1.29 is 0 Å². The second-order valence-corrected chi connectivity index (χ2v) is 5.72. The van der Waals surface area contributed by atoms with Crippen LogP contribution in [0.3, 0.4) is 0 Å². The summed E-state index contributed by atoms with van der Waals surface area (Å²) in [6, 6.07) is 25.6. The van der Waals surface area contributed by atoms with Crippen LogP contribution in [0.25, 0.3) is 0 Å².